The first kappa shape index (κ1) is 12.6. The molecule has 1 atom stereocenters. The largest absolute Gasteiger partial charge is 0.472 e. The van der Waals surface area contributed by atoms with E-state index < -0.39 is 0 Å². The maximum Gasteiger partial charge on any atom is 0.237 e. The summed E-state index contributed by atoms with van der Waals surface area (Å²) in [5, 5.41) is 0. The molecule has 4 nitrogen and oxygen atoms in total. The summed E-state index contributed by atoms with van der Waals surface area (Å²) in [5.74, 6) is 0.551. The van der Waals surface area contributed by atoms with Crippen LogP contribution in [0.2, 0.25) is 0 Å². The maximum atomic E-state index is 11.4. The fraction of sp³-hybridized carbons (Fsp3) is 0.455. The molecule has 1 aliphatic rings. The monoisotopic (exact) mass is 318 g/mol. The number of carbonyl (C=O) groups excluding carboxylic acids is 1. The van der Waals surface area contributed by atoms with Gasteiger partial charge in [0.2, 0.25) is 11.8 Å². The summed E-state index contributed by atoms with van der Waals surface area (Å²) in [6, 6.07) is 3.70. The van der Waals surface area contributed by atoms with Crippen molar-refractivity contribution >= 4 is 33.4 Å². The van der Waals surface area contributed by atoms with Gasteiger partial charge < -0.3 is 9.64 Å². The molecule has 92 valence electrons. The van der Waals surface area contributed by atoms with Gasteiger partial charge in [0.25, 0.3) is 0 Å². The van der Waals surface area contributed by atoms with Crippen LogP contribution in [-0.2, 0) is 4.79 Å². The van der Waals surface area contributed by atoms with E-state index in [1.807, 2.05) is 12.1 Å². The Kier molecular flexibility index (Phi) is 4.23. The fourth-order valence-electron chi connectivity index (χ4n) is 1.75. The van der Waals surface area contributed by atoms with Gasteiger partial charge in [0, 0.05) is 19.2 Å². The molecule has 17 heavy (non-hydrogen) atoms. The minimum atomic E-state index is -0.0437. The van der Waals surface area contributed by atoms with Gasteiger partial charge in [-0.2, -0.15) is 0 Å². The first-order valence-corrected chi connectivity index (χ1v) is 6.64. The van der Waals surface area contributed by atoms with Crippen LogP contribution < -0.4 is 4.74 Å². The van der Waals surface area contributed by atoms with E-state index in [1.54, 1.807) is 11.1 Å². The van der Waals surface area contributed by atoms with Gasteiger partial charge in [-0.05, 0) is 28.1 Å². The second kappa shape index (κ2) is 5.69. The molecule has 1 aliphatic heterocycles. The SMILES string of the molecule is O=C(CCl)N1CCC(Oc2ncccc2Br)C1. The van der Waals surface area contributed by atoms with E-state index in [0.29, 0.717) is 19.0 Å². The van der Waals surface area contributed by atoms with Crippen LogP contribution >= 0.6 is 27.5 Å². The van der Waals surface area contributed by atoms with Crippen LogP contribution in [0.5, 0.6) is 5.88 Å². The third-order valence-electron chi connectivity index (χ3n) is 2.62. The molecule has 2 rings (SSSR count). The zero-order valence-corrected chi connectivity index (χ0v) is 11.4. The van der Waals surface area contributed by atoms with Gasteiger partial charge in [0.1, 0.15) is 12.0 Å². The van der Waals surface area contributed by atoms with Crippen molar-refractivity contribution in [2.24, 2.45) is 0 Å². The number of amides is 1. The summed E-state index contributed by atoms with van der Waals surface area (Å²) >= 11 is 8.89. The maximum absolute atomic E-state index is 11.4. The van der Waals surface area contributed by atoms with Gasteiger partial charge in [-0.3, -0.25) is 4.79 Å². The van der Waals surface area contributed by atoms with Crippen molar-refractivity contribution in [3.8, 4) is 5.88 Å². The molecule has 0 N–H and O–H groups in total. The summed E-state index contributed by atoms with van der Waals surface area (Å²) in [5.41, 5.74) is 0. The van der Waals surface area contributed by atoms with Gasteiger partial charge >= 0.3 is 0 Å². The van der Waals surface area contributed by atoms with Crippen LogP contribution in [0.4, 0.5) is 0 Å². The summed E-state index contributed by atoms with van der Waals surface area (Å²) in [4.78, 5) is 17.2. The number of likely N-dealkylation sites (tertiary alicyclic amines) is 1. The summed E-state index contributed by atoms with van der Waals surface area (Å²) < 4.78 is 6.56. The van der Waals surface area contributed by atoms with E-state index in [1.165, 1.54) is 0 Å². The van der Waals surface area contributed by atoms with Gasteiger partial charge in [0.05, 0.1) is 11.0 Å². The lowest BCUT2D eigenvalue weighted by molar-refractivity contribution is -0.127. The van der Waals surface area contributed by atoms with Gasteiger partial charge in [-0.15, -0.1) is 11.6 Å². The lowest BCUT2D eigenvalue weighted by atomic mass is 10.3. The summed E-state index contributed by atoms with van der Waals surface area (Å²) in [7, 11) is 0. The van der Waals surface area contributed by atoms with Crippen LogP contribution in [0.3, 0.4) is 0 Å². The van der Waals surface area contributed by atoms with Crippen LogP contribution in [0, 0.1) is 0 Å². The lowest BCUT2D eigenvalue weighted by Gasteiger charge is -2.16. The minimum Gasteiger partial charge on any atom is -0.472 e. The molecule has 1 saturated heterocycles. The normalized spacial score (nSPS) is 19.4. The first-order valence-electron chi connectivity index (χ1n) is 5.31. The topological polar surface area (TPSA) is 42.4 Å². The number of aromatic nitrogens is 1. The zero-order chi connectivity index (χ0) is 12.3. The van der Waals surface area contributed by atoms with E-state index in [4.69, 9.17) is 16.3 Å². The van der Waals surface area contributed by atoms with Crippen LogP contribution in [0.25, 0.3) is 0 Å². The van der Waals surface area contributed by atoms with Crippen LogP contribution in [0.15, 0.2) is 22.8 Å². The molecule has 0 bridgehead atoms. The molecule has 0 aromatic carbocycles. The Morgan fingerprint density at radius 1 is 1.71 bits per heavy atom. The Balaban J connectivity index is 1.94. The molecule has 1 aromatic rings. The highest BCUT2D eigenvalue weighted by Crippen LogP contribution is 2.24. The number of halogens is 2. The second-order valence-electron chi connectivity index (χ2n) is 3.79. The summed E-state index contributed by atoms with van der Waals surface area (Å²) in [6.07, 6.45) is 2.48. The average molecular weight is 320 g/mol. The number of rotatable bonds is 3. The molecule has 1 unspecified atom stereocenters. The molecule has 0 aliphatic carbocycles. The van der Waals surface area contributed by atoms with E-state index in [9.17, 15) is 4.79 Å². The number of alkyl halides is 1. The predicted octanol–water partition coefficient (Wildman–Crippen LogP) is 2.06. The lowest BCUT2D eigenvalue weighted by Crippen LogP contribution is -2.31. The second-order valence-corrected chi connectivity index (χ2v) is 4.91. The third-order valence-corrected chi connectivity index (χ3v) is 3.45. The first-order chi connectivity index (χ1) is 8.20. The Morgan fingerprint density at radius 2 is 2.53 bits per heavy atom. The predicted molar refractivity (Wildman–Crippen MR) is 68.3 cm³/mol. The third kappa shape index (κ3) is 3.10. The van der Waals surface area contributed by atoms with Crippen molar-refractivity contribution in [2.45, 2.75) is 12.5 Å². The van der Waals surface area contributed by atoms with Crippen molar-refractivity contribution in [1.82, 2.24) is 9.88 Å². The Labute approximate surface area is 113 Å². The van der Waals surface area contributed by atoms with E-state index in [-0.39, 0.29) is 17.9 Å². The molecule has 0 radical (unpaired) electrons. The van der Waals surface area contributed by atoms with Crippen molar-refractivity contribution in [3.63, 3.8) is 0 Å². The highest BCUT2D eigenvalue weighted by atomic mass is 79.9. The smallest absolute Gasteiger partial charge is 0.237 e. The van der Waals surface area contributed by atoms with Gasteiger partial charge in [0.15, 0.2) is 0 Å². The molecular formula is C11H12BrClN2O2. The highest BCUT2D eigenvalue weighted by Gasteiger charge is 2.27. The van der Waals surface area contributed by atoms with E-state index in [0.717, 1.165) is 10.9 Å². The minimum absolute atomic E-state index is 0.00614. The Hall–Kier alpha value is -0.810. The molecule has 1 amide bonds. The van der Waals surface area contributed by atoms with Crippen molar-refractivity contribution in [3.05, 3.63) is 22.8 Å². The molecule has 2 heterocycles. The quantitative estimate of drug-likeness (QED) is 0.801. The molecule has 6 heteroatoms. The Morgan fingerprint density at radius 3 is 3.24 bits per heavy atom. The number of ether oxygens (including phenoxy) is 1. The van der Waals surface area contributed by atoms with Gasteiger partial charge in [-0.25, -0.2) is 4.98 Å². The number of pyridine rings is 1. The highest BCUT2D eigenvalue weighted by molar-refractivity contribution is 9.10. The molecular weight excluding hydrogens is 307 g/mol. The number of hydrogen-bond acceptors (Lipinski definition) is 3. The standard InChI is InChI=1S/C11H12BrClN2O2/c12-9-2-1-4-14-11(9)17-8-3-5-15(7-8)10(16)6-13/h1-2,4,8H,3,5-7H2. The van der Waals surface area contributed by atoms with Crippen molar-refractivity contribution in [2.75, 3.05) is 19.0 Å². The number of hydrogen-bond donors (Lipinski definition) is 0. The molecule has 1 fully saturated rings. The van der Waals surface area contributed by atoms with Crippen LogP contribution in [-0.4, -0.2) is 40.9 Å². The molecule has 0 spiro atoms. The van der Waals surface area contributed by atoms with E-state index >= 15 is 0 Å². The molecule has 1 aromatic heterocycles. The van der Waals surface area contributed by atoms with Gasteiger partial charge in [-0.1, -0.05) is 0 Å². The van der Waals surface area contributed by atoms with Crippen molar-refractivity contribution < 1.29 is 9.53 Å². The molecule has 0 saturated carbocycles. The van der Waals surface area contributed by atoms with Crippen LogP contribution in [0.1, 0.15) is 6.42 Å². The number of nitrogens with zero attached hydrogens (tertiary/aromatic N) is 2. The zero-order valence-electron chi connectivity index (χ0n) is 9.10. The Bertz CT molecular complexity index is 416. The van der Waals surface area contributed by atoms with Crippen molar-refractivity contribution in [1.29, 1.82) is 0 Å². The number of carbonyl (C=O) groups is 1. The average Bonchev–Trinajstić information content (AvgIpc) is 2.80. The van der Waals surface area contributed by atoms with E-state index in [2.05, 4.69) is 20.9 Å². The summed E-state index contributed by atoms with van der Waals surface area (Å²) in [6.45, 7) is 1.27. The fourth-order valence-corrected chi connectivity index (χ4v) is 2.27.